The number of nitrogens with zero attached hydrogens (tertiary/aromatic N) is 2. The number of aromatic nitrogens is 2. The highest BCUT2D eigenvalue weighted by molar-refractivity contribution is 5.90. The first-order valence-electron chi connectivity index (χ1n) is 6.26. The molecule has 0 aliphatic rings. The summed E-state index contributed by atoms with van der Waals surface area (Å²) >= 11 is 0. The number of benzene rings is 1. The van der Waals surface area contributed by atoms with Gasteiger partial charge in [0.2, 0.25) is 0 Å². The number of esters is 1. The minimum Gasteiger partial charge on any atom is -0.465 e. The van der Waals surface area contributed by atoms with Gasteiger partial charge in [-0.15, -0.1) is 0 Å². The predicted octanol–water partition coefficient (Wildman–Crippen LogP) is 2.88. The van der Waals surface area contributed by atoms with Crippen LogP contribution in [0.1, 0.15) is 29.4 Å². The van der Waals surface area contributed by atoms with Crippen molar-refractivity contribution < 1.29 is 9.53 Å². The van der Waals surface area contributed by atoms with E-state index in [4.69, 9.17) is 4.74 Å². The van der Waals surface area contributed by atoms with Crippen LogP contribution in [-0.2, 0) is 11.2 Å². The molecule has 0 radical (unpaired) electrons. The zero-order valence-electron chi connectivity index (χ0n) is 11.1. The molecule has 0 fully saturated rings. The maximum Gasteiger partial charge on any atom is 0.341 e. The first-order valence-corrected chi connectivity index (χ1v) is 6.26. The summed E-state index contributed by atoms with van der Waals surface area (Å²) in [4.78, 5) is 20.4. The van der Waals surface area contributed by atoms with Gasteiger partial charge in [0, 0.05) is 11.8 Å². The van der Waals surface area contributed by atoms with Gasteiger partial charge in [0.25, 0.3) is 0 Å². The first kappa shape index (κ1) is 13.2. The Balaban J connectivity index is 2.44. The molecule has 0 saturated heterocycles. The molecule has 0 amide bonds. The lowest BCUT2D eigenvalue weighted by Gasteiger charge is -2.08. The Morgan fingerprint density at radius 1 is 1.26 bits per heavy atom. The SMILES string of the molecule is CCCc1nc(-c2ccccc2)ncc1C(=O)OC. The van der Waals surface area contributed by atoms with E-state index in [-0.39, 0.29) is 5.97 Å². The van der Waals surface area contributed by atoms with Gasteiger partial charge < -0.3 is 4.74 Å². The first-order chi connectivity index (χ1) is 9.26. The zero-order valence-corrected chi connectivity index (χ0v) is 11.1. The molecule has 1 heterocycles. The third-order valence-electron chi connectivity index (χ3n) is 2.79. The topological polar surface area (TPSA) is 52.1 Å². The third kappa shape index (κ3) is 2.96. The Hall–Kier alpha value is -2.23. The standard InChI is InChI=1S/C15H16N2O2/c1-3-7-13-12(15(18)19-2)10-16-14(17-13)11-8-5-4-6-9-11/h4-6,8-10H,3,7H2,1-2H3. The van der Waals surface area contributed by atoms with Crippen molar-refractivity contribution in [1.29, 1.82) is 0 Å². The molecule has 4 heteroatoms. The van der Waals surface area contributed by atoms with Crippen LogP contribution < -0.4 is 0 Å². The highest BCUT2D eigenvalue weighted by atomic mass is 16.5. The average Bonchev–Trinajstić information content (AvgIpc) is 2.47. The monoisotopic (exact) mass is 256 g/mol. The number of carbonyl (C=O) groups excluding carboxylic acids is 1. The minimum atomic E-state index is -0.386. The molecule has 19 heavy (non-hydrogen) atoms. The van der Waals surface area contributed by atoms with Crippen molar-refractivity contribution in [2.45, 2.75) is 19.8 Å². The number of ether oxygens (including phenoxy) is 1. The number of carbonyl (C=O) groups is 1. The fourth-order valence-corrected chi connectivity index (χ4v) is 1.85. The highest BCUT2D eigenvalue weighted by Crippen LogP contribution is 2.17. The molecule has 98 valence electrons. The van der Waals surface area contributed by atoms with Crippen LogP contribution >= 0.6 is 0 Å². The van der Waals surface area contributed by atoms with Crippen molar-refractivity contribution in [2.24, 2.45) is 0 Å². The van der Waals surface area contributed by atoms with Crippen molar-refractivity contribution in [3.63, 3.8) is 0 Å². The maximum atomic E-state index is 11.7. The fourth-order valence-electron chi connectivity index (χ4n) is 1.85. The summed E-state index contributed by atoms with van der Waals surface area (Å²) in [6, 6.07) is 9.71. The quantitative estimate of drug-likeness (QED) is 0.789. The summed E-state index contributed by atoms with van der Waals surface area (Å²) in [5.74, 6) is 0.250. The molecule has 0 unspecified atom stereocenters. The molecule has 1 aromatic carbocycles. The van der Waals surface area contributed by atoms with Crippen LogP contribution in [0.25, 0.3) is 11.4 Å². The van der Waals surface area contributed by atoms with E-state index in [0.717, 1.165) is 24.1 Å². The van der Waals surface area contributed by atoms with E-state index in [2.05, 4.69) is 9.97 Å². The lowest BCUT2D eigenvalue weighted by atomic mass is 10.1. The van der Waals surface area contributed by atoms with Gasteiger partial charge in [-0.25, -0.2) is 14.8 Å². The van der Waals surface area contributed by atoms with E-state index in [9.17, 15) is 4.79 Å². The summed E-state index contributed by atoms with van der Waals surface area (Å²) in [5, 5.41) is 0. The minimum absolute atomic E-state index is 0.386. The molecule has 0 atom stereocenters. The highest BCUT2D eigenvalue weighted by Gasteiger charge is 2.14. The Kier molecular flexibility index (Phi) is 4.23. The van der Waals surface area contributed by atoms with E-state index in [0.29, 0.717) is 11.4 Å². The normalized spacial score (nSPS) is 10.2. The molecule has 0 aliphatic carbocycles. The van der Waals surface area contributed by atoms with E-state index in [1.807, 2.05) is 37.3 Å². The van der Waals surface area contributed by atoms with Crippen LogP contribution in [0.4, 0.5) is 0 Å². The van der Waals surface area contributed by atoms with Gasteiger partial charge in [-0.2, -0.15) is 0 Å². The van der Waals surface area contributed by atoms with Crippen molar-refractivity contribution in [2.75, 3.05) is 7.11 Å². The van der Waals surface area contributed by atoms with Gasteiger partial charge in [0.15, 0.2) is 5.82 Å². The third-order valence-corrected chi connectivity index (χ3v) is 2.79. The van der Waals surface area contributed by atoms with Crippen LogP contribution in [0, 0.1) is 0 Å². The number of hydrogen-bond donors (Lipinski definition) is 0. The van der Waals surface area contributed by atoms with Crippen molar-refractivity contribution in [1.82, 2.24) is 9.97 Å². The Morgan fingerprint density at radius 3 is 2.63 bits per heavy atom. The predicted molar refractivity (Wildman–Crippen MR) is 72.8 cm³/mol. The van der Waals surface area contributed by atoms with Gasteiger partial charge in [0.1, 0.15) is 0 Å². The van der Waals surface area contributed by atoms with E-state index in [1.165, 1.54) is 7.11 Å². The number of hydrogen-bond acceptors (Lipinski definition) is 4. The van der Waals surface area contributed by atoms with Crippen LogP contribution in [0.3, 0.4) is 0 Å². The smallest absolute Gasteiger partial charge is 0.341 e. The maximum absolute atomic E-state index is 11.7. The second-order valence-corrected chi connectivity index (χ2v) is 4.16. The summed E-state index contributed by atoms with van der Waals surface area (Å²) in [6.45, 7) is 2.05. The van der Waals surface area contributed by atoms with Crippen LogP contribution in [0.5, 0.6) is 0 Å². The van der Waals surface area contributed by atoms with Gasteiger partial charge in [-0.05, 0) is 6.42 Å². The molecule has 1 aromatic heterocycles. The number of rotatable bonds is 4. The Bertz CT molecular complexity index is 568. The molecular weight excluding hydrogens is 240 g/mol. The number of methoxy groups -OCH3 is 1. The van der Waals surface area contributed by atoms with E-state index in [1.54, 1.807) is 6.20 Å². The molecule has 0 saturated carbocycles. The Labute approximate surface area is 112 Å². The molecule has 2 rings (SSSR count). The van der Waals surface area contributed by atoms with Crippen molar-refractivity contribution in [3.05, 3.63) is 47.8 Å². The molecule has 2 aromatic rings. The van der Waals surface area contributed by atoms with Crippen LogP contribution in [-0.4, -0.2) is 23.0 Å². The molecular formula is C15H16N2O2. The molecule has 0 spiro atoms. The second-order valence-electron chi connectivity index (χ2n) is 4.16. The van der Waals surface area contributed by atoms with Crippen molar-refractivity contribution in [3.8, 4) is 11.4 Å². The second kappa shape index (κ2) is 6.09. The van der Waals surface area contributed by atoms with Gasteiger partial charge in [0.05, 0.1) is 18.4 Å². The molecule has 0 aliphatic heterocycles. The lowest BCUT2D eigenvalue weighted by molar-refractivity contribution is 0.0598. The molecule has 0 bridgehead atoms. The van der Waals surface area contributed by atoms with Gasteiger partial charge >= 0.3 is 5.97 Å². The zero-order chi connectivity index (χ0) is 13.7. The summed E-state index contributed by atoms with van der Waals surface area (Å²) in [7, 11) is 1.36. The average molecular weight is 256 g/mol. The van der Waals surface area contributed by atoms with Crippen molar-refractivity contribution >= 4 is 5.97 Å². The summed E-state index contributed by atoms with van der Waals surface area (Å²) in [5.41, 5.74) is 2.13. The van der Waals surface area contributed by atoms with Crippen LogP contribution in [0.15, 0.2) is 36.5 Å². The number of aryl methyl sites for hydroxylation is 1. The summed E-state index contributed by atoms with van der Waals surface area (Å²) < 4.78 is 4.75. The summed E-state index contributed by atoms with van der Waals surface area (Å²) in [6.07, 6.45) is 3.19. The van der Waals surface area contributed by atoms with E-state index < -0.39 is 0 Å². The van der Waals surface area contributed by atoms with E-state index >= 15 is 0 Å². The fraction of sp³-hybridized carbons (Fsp3) is 0.267. The Morgan fingerprint density at radius 2 is 2.00 bits per heavy atom. The van der Waals surface area contributed by atoms with Gasteiger partial charge in [-0.3, -0.25) is 0 Å². The largest absolute Gasteiger partial charge is 0.465 e. The van der Waals surface area contributed by atoms with Gasteiger partial charge in [-0.1, -0.05) is 43.7 Å². The van der Waals surface area contributed by atoms with Crippen LogP contribution in [0.2, 0.25) is 0 Å². The molecule has 4 nitrogen and oxygen atoms in total. The lowest BCUT2D eigenvalue weighted by Crippen LogP contribution is -2.09. The molecule has 0 N–H and O–H groups in total.